The van der Waals surface area contributed by atoms with E-state index in [4.69, 9.17) is 4.52 Å². The van der Waals surface area contributed by atoms with Gasteiger partial charge in [0, 0.05) is 22.6 Å². The lowest BCUT2D eigenvalue weighted by Crippen LogP contribution is -1.88. The molecule has 0 aliphatic carbocycles. The molecule has 0 saturated heterocycles. The van der Waals surface area contributed by atoms with Crippen LogP contribution in [0.15, 0.2) is 57.9 Å². The van der Waals surface area contributed by atoms with Crippen molar-refractivity contribution in [3.63, 3.8) is 0 Å². The minimum absolute atomic E-state index is 0.0298. The molecule has 0 aliphatic heterocycles. The van der Waals surface area contributed by atoms with Crippen LogP contribution in [0.4, 0.5) is 5.69 Å². The zero-order chi connectivity index (χ0) is 16.2. The molecule has 0 bridgehead atoms. The largest absolute Gasteiger partial charge is 0.334 e. The molecule has 0 aliphatic rings. The number of aromatic nitrogens is 2. The standard InChI is InChI=1S/C16H13N3O3S/c1-2-23-14-6-4-3-5-13(14)16-17-15(18-22-16)11-7-9-12(10-8-11)19(20)21/h3-10H,2H2,1H3. The lowest BCUT2D eigenvalue weighted by Gasteiger charge is -2.02. The van der Waals surface area contributed by atoms with E-state index in [9.17, 15) is 10.1 Å². The van der Waals surface area contributed by atoms with Crippen LogP contribution in [0.2, 0.25) is 0 Å². The van der Waals surface area contributed by atoms with Gasteiger partial charge in [-0.25, -0.2) is 0 Å². The molecule has 3 aromatic rings. The van der Waals surface area contributed by atoms with E-state index in [2.05, 4.69) is 17.1 Å². The molecule has 23 heavy (non-hydrogen) atoms. The van der Waals surface area contributed by atoms with E-state index in [0.717, 1.165) is 16.2 Å². The Morgan fingerprint density at radius 1 is 1.17 bits per heavy atom. The van der Waals surface area contributed by atoms with Crippen molar-refractivity contribution in [3.8, 4) is 22.8 Å². The molecule has 0 radical (unpaired) electrons. The Balaban J connectivity index is 1.93. The molecular formula is C16H13N3O3S. The second kappa shape index (κ2) is 6.62. The maximum absolute atomic E-state index is 10.7. The predicted octanol–water partition coefficient (Wildman–Crippen LogP) is 4.42. The molecule has 7 heteroatoms. The fourth-order valence-corrected chi connectivity index (χ4v) is 2.90. The second-order valence-corrected chi connectivity index (χ2v) is 5.96. The summed E-state index contributed by atoms with van der Waals surface area (Å²) in [6.07, 6.45) is 0. The first-order valence-electron chi connectivity index (χ1n) is 6.99. The van der Waals surface area contributed by atoms with Crippen LogP contribution in [-0.2, 0) is 0 Å². The molecule has 6 nitrogen and oxygen atoms in total. The molecule has 2 aromatic carbocycles. The van der Waals surface area contributed by atoms with Crippen LogP contribution in [0.3, 0.4) is 0 Å². The third kappa shape index (κ3) is 3.24. The van der Waals surface area contributed by atoms with Gasteiger partial charge < -0.3 is 4.52 Å². The van der Waals surface area contributed by atoms with Crippen LogP contribution in [-0.4, -0.2) is 20.8 Å². The smallest absolute Gasteiger partial charge is 0.269 e. The van der Waals surface area contributed by atoms with Gasteiger partial charge in [0.05, 0.1) is 10.5 Å². The van der Waals surface area contributed by atoms with E-state index in [1.807, 2.05) is 24.3 Å². The predicted molar refractivity (Wildman–Crippen MR) is 88.2 cm³/mol. The van der Waals surface area contributed by atoms with Gasteiger partial charge in [-0.05, 0) is 30.0 Å². The van der Waals surface area contributed by atoms with Gasteiger partial charge in [-0.1, -0.05) is 24.2 Å². The lowest BCUT2D eigenvalue weighted by molar-refractivity contribution is -0.384. The second-order valence-electron chi connectivity index (χ2n) is 4.66. The Kier molecular flexibility index (Phi) is 4.38. The third-order valence-electron chi connectivity index (χ3n) is 3.18. The average Bonchev–Trinajstić information content (AvgIpc) is 3.05. The third-order valence-corrected chi connectivity index (χ3v) is 4.14. The van der Waals surface area contributed by atoms with Gasteiger partial charge in [0.15, 0.2) is 0 Å². The van der Waals surface area contributed by atoms with Crippen molar-refractivity contribution in [1.82, 2.24) is 10.1 Å². The highest BCUT2D eigenvalue weighted by molar-refractivity contribution is 7.99. The number of hydrogen-bond donors (Lipinski definition) is 0. The van der Waals surface area contributed by atoms with Gasteiger partial charge in [-0.15, -0.1) is 11.8 Å². The van der Waals surface area contributed by atoms with Crippen molar-refractivity contribution >= 4 is 17.4 Å². The first-order chi connectivity index (χ1) is 11.2. The molecule has 0 fully saturated rings. The van der Waals surface area contributed by atoms with Crippen LogP contribution in [0.25, 0.3) is 22.8 Å². The number of nitro groups is 1. The molecule has 3 rings (SSSR count). The molecular weight excluding hydrogens is 314 g/mol. The number of benzene rings is 2. The van der Waals surface area contributed by atoms with E-state index in [1.165, 1.54) is 12.1 Å². The van der Waals surface area contributed by atoms with Crippen LogP contribution in [0, 0.1) is 10.1 Å². The fraction of sp³-hybridized carbons (Fsp3) is 0.125. The first-order valence-corrected chi connectivity index (χ1v) is 7.98. The van der Waals surface area contributed by atoms with Gasteiger partial charge in [0.2, 0.25) is 5.82 Å². The first kappa shape index (κ1) is 15.2. The van der Waals surface area contributed by atoms with Gasteiger partial charge in [0.1, 0.15) is 0 Å². The maximum atomic E-state index is 10.7. The average molecular weight is 327 g/mol. The summed E-state index contributed by atoms with van der Waals surface area (Å²) in [6, 6.07) is 13.9. The van der Waals surface area contributed by atoms with Crippen molar-refractivity contribution in [1.29, 1.82) is 0 Å². The molecule has 0 unspecified atom stereocenters. The Bertz CT molecular complexity index is 831. The summed E-state index contributed by atoms with van der Waals surface area (Å²) in [4.78, 5) is 15.7. The van der Waals surface area contributed by atoms with Gasteiger partial charge in [-0.2, -0.15) is 4.98 Å². The highest BCUT2D eigenvalue weighted by Crippen LogP contribution is 2.31. The molecule has 1 aromatic heterocycles. The van der Waals surface area contributed by atoms with Crippen molar-refractivity contribution < 1.29 is 9.45 Å². The number of thioether (sulfide) groups is 1. The summed E-state index contributed by atoms with van der Waals surface area (Å²) >= 11 is 1.70. The maximum Gasteiger partial charge on any atom is 0.269 e. The van der Waals surface area contributed by atoms with Gasteiger partial charge >= 0.3 is 0 Å². The summed E-state index contributed by atoms with van der Waals surface area (Å²) in [7, 11) is 0. The summed E-state index contributed by atoms with van der Waals surface area (Å²) in [5.74, 6) is 1.79. The number of rotatable bonds is 5. The molecule has 0 spiro atoms. The zero-order valence-corrected chi connectivity index (χ0v) is 13.1. The lowest BCUT2D eigenvalue weighted by atomic mass is 10.2. The fourth-order valence-electron chi connectivity index (χ4n) is 2.11. The van der Waals surface area contributed by atoms with Crippen LogP contribution < -0.4 is 0 Å². The van der Waals surface area contributed by atoms with Crippen LogP contribution in [0.1, 0.15) is 6.92 Å². The zero-order valence-electron chi connectivity index (χ0n) is 12.3. The summed E-state index contributed by atoms with van der Waals surface area (Å²) in [5, 5.41) is 14.7. The minimum Gasteiger partial charge on any atom is -0.334 e. The van der Waals surface area contributed by atoms with Crippen molar-refractivity contribution in [2.75, 3.05) is 5.75 Å². The quantitative estimate of drug-likeness (QED) is 0.392. The highest BCUT2D eigenvalue weighted by Gasteiger charge is 2.14. The minimum atomic E-state index is -0.441. The Morgan fingerprint density at radius 3 is 2.61 bits per heavy atom. The SMILES string of the molecule is CCSc1ccccc1-c1nc(-c2ccc([N+](=O)[O-])cc2)no1. The van der Waals surface area contributed by atoms with Gasteiger partial charge in [-0.3, -0.25) is 10.1 Å². The molecule has 116 valence electrons. The van der Waals surface area contributed by atoms with Crippen molar-refractivity contribution in [3.05, 3.63) is 58.6 Å². The molecule has 0 amide bonds. The summed E-state index contributed by atoms with van der Waals surface area (Å²) in [5.41, 5.74) is 1.59. The van der Waals surface area contributed by atoms with E-state index in [-0.39, 0.29) is 5.69 Å². The Hall–Kier alpha value is -2.67. The van der Waals surface area contributed by atoms with Gasteiger partial charge in [0.25, 0.3) is 11.6 Å². The van der Waals surface area contributed by atoms with E-state index < -0.39 is 4.92 Å². The normalized spacial score (nSPS) is 10.7. The molecule has 0 saturated carbocycles. The van der Waals surface area contributed by atoms with Crippen LogP contribution in [0.5, 0.6) is 0 Å². The molecule has 0 N–H and O–H groups in total. The summed E-state index contributed by atoms with van der Waals surface area (Å²) < 4.78 is 5.36. The van der Waals surface area contributed by atoms with E-state index in [0.29, 0.717) is 17.3 Å². The number of nitro benzene ring substituents is 1. The number of nitrogens with zero attached hydrogens (tertiary/aromatic N) is 3. The Labute approximate surface area is 136 Å². The van der Waals surface area contributed by atoms with E-state index >= 15 is 0 Å². The number of hydrogen-bond acceptors (Lipinski definition) is 6. The van der Waals surface area contributed by atoms with Crippen LogP contribution >= 0.6 is 11.8 Å². The highest BCUT2D eigenvalue weighted by atomic mass is 32.2. The van der Waals surface area contributed by atoms with Crippen molar-refractivity contribution in [2.24, 2.45) is 0 Å². The van der Waals surface area contributed by atoms with E-state index in [1.54, 1.807) is 23.9 Å². The summed E-state index contributed by atoms with van der Waals surface area (Å²) in [6.45, 7) is 2.08. The Morgan fingerprint density at radius 2 is 1.91 bits per heavy atom. The molecule has 0 atom stereocenters. The topological polar surface area (TPSA) is 82.1 Å². The van der Waals surface area contributed by atoms with Crippen molar-refractivity contribution in [2.45, 2.75) is 11.8 Å². The number of non-ortho nitro benzene ring substituents is 1. The molecule has 1 heterocycles. The monoisotopic (exact) mass is 327 g/mol.